The van der Waals surface area contributed by atoms with Crippen LogP contribution in [0.3, 0.4) is 0 Å². The first-order valence-electron chi connectivity index (χ1n) is 8.15. The second kappa shape index (κ2) is 6.84. The van der Waals surface area contributed by atoms with Gasteiger partial charge in [0.15, 0.2) is 0 Å². The summed E-state index contributed by atoms with van der Waals surface area (Å²) in [4.78, 5) is 16.1. The largest absolute Gasteiger partial charge is 0.337 e. The number of hydrogen-bond donors (Lipinski definition) is 1. The standard InChI is InChI=1S/C17H24N4OS/c1-12(14(3)21-8-4-7-18-21)19-13(2)17(22)20-9-5-16-15(11-20)6-10-23-16/h4,6-8,10,12-14,19H,5,9,11H2,1-3H3/t12-,13-,14+/m0/s1. The zero-order valence-electron chi connectivity index (χ0n) is 13.9. The van der Waals surface area contributed by atoms with Crippen molar-refractivity contribution in [2.24, 2.45) is 0 Å². The number of hydrogen-bond acceptors (Lipinski definition) is 4. The Balaban J connectivity index is 1.57. The smallest absolute Gasteiger partial charge is 0.239 e. The summed E-state index contributed by atoms with van der Waals surface area (Å²) in [6.07, 6.45) is 4.72. The average molecular weight is 332 g/mol. The van der Waals surface area contributed by atoms with Crippen molar-refractivity contribution in [2.75, 3.05) is 6.54 Å². The Bertz CT molecular complexity index is 651. The van der Waals surface area contributed by atoms with Crippen molar-refractivity contribution in [1.82, 2.24) is 20.0 Å². The molecule has 0 fully saturated rings. The van der Waals surface area contributed by atoms with E-state index >= 15 is 0 Å². The van der Waals surface area contributed by atoms with Crippen molar-refractivity contribution in [2.45, 2.75) is 51.9 Å². The quantitative estimate of drug-likeness (QED) is 0.915. The number of nitrogens with zero attached hydrogens (tertiary/aromatic N) is 3. The van der Waals surface area contributed by atoms with Crippen LogP contribution in [0.1, 0.15) is 37.3 Å². The van der Waals surface area contributed by atoms with E-state index in [9.17, 15) is 4.79 Å². The fourth-order valence-electron chi connectivity index (χ4n) is 3.07. The van der Waals surface area contributed by atoms with E-state index in [0.717, 1.165) is 19.5 Å². The monoisotopic (exact) mass is 332 g/mol. The van der Waals surface area contributed by atoms with E-state index in [4.69, 9.17) is 0 Å². The van der Waals surface area contributed by atoms with Crippen molar-refractivity contribution in [1.29, 1.82) is 0 Å². The van der Waals surface area contributed by atoms with Gasteiger partial charge in [-0.3, -0.25) is 9.48 Å². The normalized spacial score (nSPS) is 18.3. The lowest BCUT2D eigenvalue weighted by Gasteiger charge is -2.32. The maximum atomic E-state index is 12.7. The van der Waals surface area contributed by atoms with E-state index in [1.54, 1.807) is 17.5 Å². The summed E-state index contributed by atoms with van der Waals surface area (Å²) in [5, 5.41) is 9.83. The summed E-state index contributed by atoms with van der Waals surface area (Å²) in [6, 6.07) is 4.23. The molecule has 5 nitrogen and oxygen atoms in total. The molecule has 0 radical (unpaired) electrons. The van der Waals surface area contributed by atoms with Crippen LogP contribution < -0.4 is 5.32 Å². The van der Waals surface area contributed by atoms with Gasteiger partial charge in [0.25, 0.3) is 0 Å². The zero-order valence-corrected chi connectivity index (χ0v) is 14.7. The molecule has 1 N–H and O–H groups in total. The molecule has 2 aromatic heterocycles. The summed E-state index contributed by atoms with van der Waals surface area (Å²) >= 11 is 1.80. The molecule has 1 aliphatic rings. The topological polar surface area (TPSA) is 50.2 Å². The van der Waals surface area contributed by atoms with Crippen molar-refractivity contribution < 1.29 is 4.79 Å². The second-order valence-electron chi connectivity index (χ2n) is 6.28. The molecule has 23 heavy (non-hydrogen) atoms. The molecule has 0 aromatic carbocycles. The molecule has 0 saturated heterocycles. The number of rotatable bonds is 5. The molecular formula is C17H24N4OS. The third-order valence-corrected chi connectivity index (χ3v) is 5.69. The molecule has 0 aliphatic carbocycles. The van der Waals surface area contributed by atoms with Crippen LogP contribution in [0.5, 0.6) is 0 Å². The van der Waals surface area contributed by atoms with Crippen LogP contribution in [0.25, 0.3) is 0 Å². The van der Waals surface area contributed by atoms with Gasteiger partial charge in [-0.15, -0.1) is 11.3 Å². The minimum Gasteiger partial charge on any atom is -0.337 e. The minimum atomic E-state index is -0.191. The highest BCUT2D eigenvalue weighted by Crippen LogP contribution is 2.24. The summed E-state index contributed by atoms with van der Waals surface area (Å²) in [6.45, 7) is 7.73. The average Bonchev–Trinajstić information content (AvgIpc) is 3.23. The Morgan fingerprint density at radius 3 is 2.96 bits per heavy atom. The van der Waals surface area contributed by atoms with E-state index in [1.807, 2.05) is 28.8 Å². The summed E-state index contributed by atoms with van der Waals surface area (Å²) in [7, 11) is 0. The maximum absolute atomic E-state index is 12.7. The summed E-state index contributed by atoms with van der Waals surface area (Å²) in [5.74, 6) is 0.182. The van der Waals surface area contributed by atoms with Gasteiger partial charge in [-0.25, -0.2) is 0 Å². The zero-order chi connectivity index (χ0) is 16.4. The first-order chi connectivity index (χ1) is 11.1. The Kier molecular flexibility index (Phi) is 4.82. The van der Waals surface area contributed by atoms with Crippen molar-refractivity contribution >= 4 is 17.2 Å². The number of amides is 1. The molecular weight excluding hydrogens is 308 g/mol. The van der Waals surface area contributed by atoms with E-state index in [2.05, 4.69) is 35.7 Å². The number of nitrogens with one attached hydrogen (secondary N) is 1. The highest BCUT2D eigenvalue weighted by Gasteiger charge is 2.27. The molecule has 1 amide bonds. The molecule has 124 valence electrons. The van der Waals surface area contributed by atoms with Gasteiger partial charge in [0.2, 0.25) is 5.91 Å². The van der Waals surface area contributed by atoms with E-state index in [1.165, 1.54) is 10.4 Å². The molecule has 3 atom stereocenters. The predicted molar refractivity (Wildman–Crippen MR) is 92.4 cm³/mol. The summed E-state index contributed by atoms with van der Waals surface area (Å²) < 4.78 is 1.92. The van der Waals surface area contributed by atoms with Crippen LogP contribution >= 0.6 is 11.3 Å². The fourth-order valence-corrected chi connectivity index (χ4v) is 3.96. The van der Waals surface area contributed by atoms with E-state index in [0.29, 0.717) is 0 Å². The van der Waals surface area contributed by atoms with Gasteiger partial charge in [-0.2, -0.15) is 5.10 Å². The lowest BCUT2D eigenvalue weighted by atomic mass is 10.1. The molecule has 3 rings (SSSR count). The van der Waals surface area contributed by atoms with E-state index in [-0.39, 0.29) is 24.0 Å². The first-order valence-corrected chi connectivity index (χ1v) is 9.03. The third-order valence-electron chi connectivity index (χ3n) is 4.67. The number of aromatic nitrogens is 2. The van der Waals surface area contributed by atoms with Gasteiger partial charge >= 0.3 is 0 Å². The minimum absolute atomic E-state index is 0.162. The predicted octanol–water partition coefficient (Wildman–Crippen LogP) is 2.46. The van der Waals surface area contributed by atoms with Gasteiger partial charge in [-0.05, 0) is 50.3 Å². The van der Waals surface area contributed by atoms with Gasteiger partial charge in [0, 0.05) is 36.4 Å². The molecule has 6 heteroatoms. The molecule has 0 saturated carbocycles. The molecule has 0 bridgehead atoms. The van der Waals surface area contributed by atoms with Crippen LogP contribution in [0.4, 0.5) is 0 Å². The van der Waals surface area contributed by atoms with E-state index < -0.39 is 0 Å². The van der Waals surface area contributed by atoms with Crippen LogP contribution in [0.15, 0.2) is 29.9 Å². The highest BCUT2D eigenvalue weighted by molar-refractivity contribution is 7.10. The lowest BCUT2D eigenvalue weighted by molar-refractivity contribution is -0.134. The number of thiophene rings is 1. The molecule has 1 aliphatic heterocycles. The second-order valence-corrected chi connectivity index (χ2v) is 7.28. The fraction of sp³-hybridized carbons (Fsp3) is 0.529. The molecule has 2 aromatic rings. The Morgan fingerprint density at radius 2 is 2.22 bits per heavy atom. The lowest BCUT2D eigenvalue weighted by Crippen LogP contribution is -2.50. The van der Waals surface area contributed by atoms with Crippen LogP contribution in [-0.2, 0) is 17.8 Å². The van der Waals surface area contributed by atoms with Crippen molar-refractivity contribution in [3.8, 4) is 0 Å². The first kappa shape index (κ1) is 16.2. The molecule has 0 unspecified atom stereocenters. The van der Waals surface area contributed by atoms with Crippen LogP contribution in [0, 0.1) is 0 Å². The van der Waals surface area contributed by atoms with Crippen molar-refractivity contribution in [3.63, 3.8) is 0 Å². The number of carbonyl (C=O) groups excluding carboxylic acids is 1. The van der Waals surface area contributed by atoms with Gasteiger partial charge in [0.1, 0.15) is 0 Å². The van der Waals surface area contributed by atoms with Gasteiger partial charge in [0.05, 0.1) is 12.1 Å². The third kappa shape index (κ3) is 3.48. The Labute approximate surface area is 141 Å². The van der Waals surface area contributed by atoms with Crippen molar-refractivity contribution in [3.05, 3.63) is 40.3 Å². The van der Waals surface area contributed by atoms with Crippen LogP contribution in [-0.4, -0.2) is 39.2 Å². The Morgan fingerprint density at radius 1 is 1.39 bits per heavy atom. The van der Waals surface area contributed by atoms with Gasteiger partial charge in [-0.1, -0.05) is 0 Å². The van der Waals surface area contributed by atoms with Gasteiger partial charge < -0.3 is 10.2 Å². The Hall–Kier alpha value is -1.66. The molecule has 0 spiro atoms. The molecule has 3 heterocycles. The highest BCUT2D eigenvalue weighted by atomic mass is 32.1. The maximum Gasteiger partial charge on any atom is 0.239 e. The van der Waals surface area contributed by atoms with Crippen LogP contribution in [0.2, 0.25) is 0 Å². The SMILES string of the molecule is C[C@H](N[C@@H](C)[C@@H](C)n1cccn1)C(=O)N1CCc2sccc2C1. The number of carbonyl (C=O) groups is 1. The number of fused-ring (bicyclic) bond motifs is 1. The summed E-state index contributed by atoms with van der Waals surface area (Å²) in [5.41, 5.74) is 1.31.